The molecule has 0 radical (unpaired) electrons. The van der Waals surface area contributed by atoms with Crippen LogP contribution in [0.4, 0.5) is 10.5 Å². The van der Waals surface area contributed by atoms with E-state index in [0.717, 1.165) is 5.56 Å². The van der Waals surface area contributed by atoms with Gasteiger partial charge in [0, 0.05) is 0 Å². The Balaban J connectivity index is 1.75. The molecule has 1 heterocycles. The smallest absolute Gasteiger partial charge is 0.319 e. The van der Waals surface area contributed by atoms with Gasteiger partial charge in [-0.3, -0.25) is 0 Å². The Kier molecular flexibility index (Phi) is 5.73. The summed E-state index contributed by atoms with van der Waals surface area (Å²) in [7, 11) is 0. The minimum absolute atomic E-state index is 0.316. The van der Waals surface area contributed by atoms with E-state index in [1.807, 2.05) is 44.2 Å². The molecule has 0 aliphatic carbocycles. The van der Waals surface area contributed by atoms with Gasteiger partial charge < -0.3 is 20.1 Å². The van der Waals surface area contributed by atoms with E-state index in [1.165, 1.54) is 0 Å². The fourth-order valence-electron chi connectivity index (χ4n) is 2.80. The SMILES string of the molecule is CC1(C)OC[C@H](NC(=O)Nc2c(Cl)cccc2Cl)[C@H](c2ccccc2)O1. The Labute approximate surface area is 162 Å². The first-order valence-electron chi connectivity index (χ1n) is 8.24. The van der Waals surface area contributed by atoms with Crippen molar-refractivity contribution in [2.24, 2.45) is 0 Å². The summed E-state index contributed by atoms with van der Waals surface area (Å²) in [5.74, 6) is -0.735. The number of hydrogen-bond donors (Lipinski definition) is 2. The number of urea groups is 1. The number of amides is 2. The quantitative estimate of drug-likeness (QED) is 0.768. The van der Waals surface area contributed by atoms with Crippen molar-refractivity contribution in [2.45, 2.75) is 31.8 Å². The Morgan fingerprint density at radius 1 is 1.08 bits per heavy atom. The Hall–Kier alpha value is -1.79. The molecule has 2 amide bonds. The molecule has 1 aliphatic heterocycles. The number of para-hydroxylation sites is 1. The van der Waals surface area contributed by atoms with E-state index in [4.69, 9.17) is 32.7 Å². The molecule has 1 fully saturated rings. The van der Waals surface area contributed by atoms with Crippen molar-refractivity contribution < 1.29 is 14.3 Å². The molecule has 138 valence electrons. The second-order valence-corrected chi connectivity index (χ2v) is 7.28. The molecule has 7 heteroatoms. The van der Waals surface area contributed by atoms with Crippen LogP contribution in [0, 0.1) is 0 Å². The Morgan fingerprint density at radius 3 is 2.38 bits per heavy atom. The highest BCUT2D eigenvalue weighted by Gasteiger charge is 2.38. The van der Waals surface area contributed by atoms with E-state index < -0.39 is 11.8 Å². The van der Waals surface area contributed by atoms with Crippen molar-refractivity contribution in [3.63, 3.8) is 0 Å². The third-order valence-corrected chi connectivity index (χ3v) is 4.66. The third-order valence-electron chi connectivity index (χ3n) is 4.03. The maximum atomic E-state index is 12.5. The predicted octanol–water partition coefficient (Wildman–Crippen LogP) is 5.01. The molecule has 1 saturated heterocycles. The number of rotatable bonds is 3. The van der Waals surface area contributed by atoms with Crippen molar-refractivity contribution in [1.82, 2.24) is 5.32 Å². The zero-order valence-corrected chi connectivity index (χ0v) is 16.0. The van der Waals surface area contributed by atoms with Gasteiger partial charge in [0.2, 0.25) is 0 Å². The average Bonchev–Trinajstić information content (AvgIpc) is 2.60. The lowest BCUT2D eigenvalue weighted by molar-refractivity contribution is -0.284. The van der Waals surface area contributed by atoms with Crippen LogP contribution in [0.25, 0.3) is 0 Å². The molecule has 2 aromatic rings. The maximum Gasteiger partial charge on any atom is 0.319 e. The van der Waals surface area contributed by atoms with Gasteiger partial charge in [-0.25, -0.2) is 4.79 Å². The molecule has 0 saturated carbocycles. The van der Waals surface area contributed by atoms with Crippen LogP contribution in [-0.2, 0) is 9.47 Å². The molecule has 0 unspecified atom stereocenters. The Morgan fingerprint density at radius 2 is 1.73 bits per heavy atom. The van der Waals surface area contributed by atoms with Crippen LogP contribution in [0.2, 0.25) is 10.0 Å². The largest absolute Gasteiger partial charge is 0.348 e. The summed E-state index contributed by atoms with van der Waals surface area (Å²) in [5, 5.41) is 6.31. The van der Waals surface area contributed by atoms with Crippen molar-refractivity contribution in [1.29, 1.82) is 0 Å². The molecule has 26 heavy (non-hydrogen) atoms. The standard InChI is InChI=1S/C19H20Cl2N2O3/c1-19(2)25-11-15(17(26-19)12-7-4-3-5-8-12)22-18(24)23-16-13(20)9-6-10-14(16)21/h3-10,15,17H,11H2,1-2H3,(H2,22,23,24)/t15-,17-/m0/s1. The number of hydrogen-bond acceptors (Lipinski definition) is 3. The molecule has 0 aromatic heterocycles. The molecule has 3 rings (SSSR count). The summed E-state index contributed by atoms with van der Waals surface area (Å²) in [6, 6.07) is 13.9. The van der Waals surface area contributed by atoms with Gasteiger partial charge in [0.15, 0.2) is 5.79 Å². The number of anilines is 1. The minimum atomic E-state index is -0.735. The second kappa shape index (κ2) is 7.84. The molecular formula is C19H20Cl2N2O3. The fourth-order valence-corrected chi connectivity index (χ4v) is 3.29. The van der Waals surface area contributed by atoms with Gasteiger partial charge in [-0.1, -0.05) is 59.6 Å². The van der Waals surface area contributed by atoms with Gasteiger partial charge in [-0.15, -0.1) is 0 Å². The van der Waals surface area contributed by atoms with E-state index in [1.54, 1.807) is 18.2 Å². The van der Waals surface area contributed by atoms with Crippen LogP contribution < -0.4 is 10.6 Å². The van der Waals surface area contributed by atoms with Crippen LogP contribution in [0.15, 0.2) is 48.5 Å². The Bertz CT molecular complexity index is 763. The molecule has 0 bridgehead atoms. The van der Waals surface area contributed by atoms with Gasteiger partial charge in [0.1, 0.15) is 6.10 Å². The minimum Gasteiger partial charge on any atom is -0.348 e. The second-order valence-electron chi connectivity index (χ2n) is 6.46. The number of carbonyl (C=O) groups excluding carboxylic acids is 1. The topological polar surface area (TPSA) is 59.6 Å². The summed E-state index contributed by atoms with van der Waals surface area (Å²) in [5.41, 5.74) is 1.33. The number of halogens is 2. The van der Waals surface area contributed by atoms with Crippen molar-refractivity contribution in [2.75, 3.05) is 11.9 Å². The lowest BCUT2D eigenvalue weighted by atomic mass is 10.0. The van der Waals surface area contributed by atoms with E-state index in [2.05, 4.69) is 10.6 Å². The van der Waals surface area contributed by atoms with E-state index in [-0.39, 0.29) is 12.1 Å². The van der Waals surface area contributed by atoms with Crippen LogP contribution in [-0.4, -0.2) is 24.5 Å². The predicted molar refractivity (Wildman–Crippen MR) is 103 cm³/mol. The highest BCUT2D eigenvalue weighted by molar-refractivity contribution is 6.39. The van der Waals surface area contributed by atoms with Gasteiger partial charge >= 0.3 is 6.03 Å². The van der Waals surface area contributed by atoms with Gasteiger partial charge in [-0.05, 0) is 31.5 Å². The van der Waals surface area contributed by atoms with E-state index >= 15 is 0 Å². The third kappa shape index (κ3) is 4.48. The molecule has 2 N–H and O–H groups in total. The monoisotopic (exact) mass is 394 g/mol. The molecule has 2 atom stereocenters. The van der Waals surface area contributed by atoms with Crippen molar-refractivity contribution in [3.8, 4) is 0 Å². The number of nitrogens with one attached hydrogen (secondary N) is 2. The fraction of sp³-hybridized carbons (Fsp3) is 0.316. The first-order chi connectivity index (χ1) is 12.4. The summed E-state index contributed by atoms with van der Waals surface area (Å²) in [4.78, 5) is 12.5. The van der Waals surface area contributed by atoms with E-state index in [9.17, 15) is 4.79 Å². The van der Waals surface area contributed by atoms with Crippen LogP contribution >= 0.6 is 23.2 Å². The number of benzene rings is 2. The summed E-state index contributed by atoms with van der Waals surface area (Å²) >= 11 is 12.2. The summed E-state index contributed by atoms with van der Waals surface area (Å²) < 4.78 is 11.8. The molecule has 5 nitrogen and oxygen atoms in total. The van der Waals surface area contributed by atoms with Gasteiger partial charge in [0.05, 0.1) is 28.4 Å². The summed E-state index contributed by atoms with van der Waals surface area (Å²) in [6.45, 7) is 4.02. The molecular weight excluding hydrogens is 375 g/mol. The molecule has 0 spiro atoms. The zero-order valence-electron chi connectivity index (χ0n) is 14.5. The number of ether oxygens (including phenoxy) is 2. The highest BCUT2D eigenvalue weighted by atomic mass is 35.5. The lowest BCUT2D eigenvalue weighted by Gasteiger charge is -2.41. The average molecular weight is 395 g/mol. The van der Waals surface area contributed by atoms with Crippen LogP contribution in [0.1, 0.15) is 25.5 Å². The first kappa shape index (κ1) is 19.0. The first-order valence-corrected chi connectivity index (χ1v) is 8.99. The summed E-state index contributed by atoms with van der Waals surface area (Å²) in [6.07, 6.45) is -0.340. The van der Waals surface area contributed by atoms with Crippen molar-refractivity contribution in [3.05, 3.63) is 64.1 Å². The maximum absolute atomic E-state index is 12.5. The zero-order chi connectivity index (χ0) is 18.7. The number of carbonyl (C=O) groups is 1. The molecule has 2 aromatic carbocycles. The molecule has 1 aliphatic rings. The van der Waals surface area contributed by atoms with Gasteiger partial charge in [0.25, 0.3) is 0 Å². The van der Waals surface area contributed by atoms with Gasteiger partial charge in [-0.2, -0.15) is 0 Å². The normalized spacial score (nSPS) is 21.8. The lowest BCUT2D eigenvalue weighted by Crippen LogP contribution is -2.52. The van der Waals surface area contributed by atoms with Crippen LogP contribution in [0.5, 0.6) is 0 Å². The van der Waals surface area contributed by atoms with Crippen LogP contribution in [0.3, 0.4) is 0 Å². The van der Waals surface area contributed by atoms with Crippen molar-refractivity contribution >= 4 is 34.9 Å². The highest BCUT2D eigenvalue weighted by Crippen LogP contribution is 2.33. The van der Waals surface area contributed by atoms with E-state index in [0.29, 0.717) is 22.3 Å².